The van der Waals surface area contributed by atoms with Gasteiger partial charge >= 0.3 is 0 Å². The van der Waals surface area contributed by atoms with Crippen molar-refractivity contribution in [3.63, 3.8) is 0 Å². The molecule has 0 aromatic heterocycles. The van der Waals surface area contributed by atoms with Gasteiger partial charge < -0.3 is 15.5 Å². The highest BCUT2D eigenvalue weighted by molar-refractivity contribution is 5.97. The molecule has 1 saturated carbocycles. The van der Waals surface area contributed by atoms with Crippen molar-refractivity contribution in [1.29, 1.82) is 0 Å². The van der Waals surface area contributed by atoms with Crippen molar-refractivity contribution < 1.29 is 24.0 Å². The van der Waals surface area contributed by atoms with E-state index in [-0.39, 0.29) is 53.8 Å². The number of aryl methyl sites for hydroxylation is 1. The third-order valence-electron chi connectivity index (χ3n) is 11.5. The zero-order valence-electron chi connectivity index (χ0n) is 36.5. The van der Waals surface area contributed by atoms with Gasteiger partial charge in [0.15, 0.2) is 11.6 Å². The van der Waals surface area contributed by atoms with Crippen molar-refractivity contribution in [1.82, 2.24) is 15.5 Å². The summed E-state index contributed by atoms with van der Waals surface area (Å²) in [6.07, 6.45) is 12.4. The molecule has 1 aliphatic rings. The Morgan fingerprint density at radius 1 is 0.649 bits per heavy atom. The lowest BCUT2D eigenvalue weighted by Crippen LogP contribution is -2.49. The molecule has 57 heavy (non-hydrogen) atoms. The summed E-state index contributed by atoms with van der Waals surface area (Å²) in [5.41, 5.74) is 1.63. The number of benzene rings is 2. The highest BCUT2D eigenvalue weighted by atomic mass is 16.2. The van der Waals surface area contributed by atoms with Crippen molar-refractivity contribution in [2.45, 2.75) is 156 Å². The molecular formula is C49H75N3O5. The first kappa shape index (κ1) is 47.7. The molecule has 2 N–H and O–H groups in total. The van der Waals surface area contributed by atoms with E-state index in [0.717, 1.165) is 49.8 Å². The molecule has 0 bridgehead atoms. The highest BCUT2D eigenvalue weighted by Gasteiger charge is 2.48. The minimum atomic E-state index is -0.797. The summed E-state index contributed by atoms with van der Waals surface area (Å²) in [6.45, 7) is 11.2. The minimum absolute atomic E-state index is 0.0679. The number of hydrogen-bond acceptors (Lipinski definition) is 6. The summed E-state index contributed by atoms with van der Waals surface area (Å²) in [4.78, 5) is 71.6. The van der Waals surface area contributed by atoms with Crippen molar-refractivity contribution in [3.8, 4) is 0 Å². The van der Waals surface area contributed by atoms with Gasteiger partial charge in [0.2, 0.25) is 11.8 Å². The van der Waals surface area contributed by atoms with Crippen LogP contribution in [0.15, 0.2) is 60.7 Å². The topological polar surface area (TPSA) is 113 Å². The van der Waals surface area contributed by atoms with Gasteiger partial charge in [0.05, 0.1) is 12.1 Å². The molecule has 4 atom stereocenters. The van der Waals surface area contributed by atoms with Crippen LogP contribution in [0.2, 0.25) is 0 Å². The second-order valence-electron chi connectivity index (χ2n) is 18.4. The lowest BCUT2D eigenvalue weighted by atomic mass is 9.87. The second-order valence-corrected chi connectivity index (χ2v) is 18.4. The summed E-state index contributed by atoms with van der Waals surface area (Å²) >= 11 is 0. The van der Waals surface area contributed by atoms with Gasteiger partial charge in [0.25, 0.3) is 0 Å². The van der Waals surface area contributed by atoms with E-state index in [1.807, 2.05) is 95.3 Å². The molecule has 2 aromatic rings. The van der Waals surface area contributed by atoms with Crippen LogP contribution in [0.1, 0.15) is 142 Å². The molecule has 0 saturated heterocycles. The quantitative estimate of drug-likeness (QED) is 0.0765. The van der Waals surface area contributed by atoms with Crippen LogP contribution < -0.4 is 10.6 Å². The molecule has 2 unspecified atom stereocenters. The molecule has 1 fully saturated rings. The van der Waals surface area contributed by atoms with Crippen LogP contribution in [0, 0.1) is 29.1 Å². The molecule has 0 spiro atoms. The number of amides is 2. The fraction of sp³-hybridized carbons (Fsp3) is 0.653. The molecule has 2 amide bonds. The van der Waals surface area contributed by atoms with Gasteiger partial charge in [-0.1, -0.05) is 127 Å². The average molecular weight is 786 g/mol. The Morgan fingerprint density at radius 3 is 1.72 bits per heavy atom. The maximum atomic E-state index is 14.3. The first-order valence-corrected chi connectivity index (χ1v) is 22.1. The van der Waals surface area contributed by atoms with Gasteiger partial charge in [-0.2, -0.15) is 0 Å². The van der Waals surface area contributed by atoms with E-state index in [4.69, 9.17) is 0 Å². The van der Waals surface area contributed by atoms with Gasteiger partial charge in [-0.15, -0.1) is 0 Å². The zero-order valence-corrected chi connectivity index (χ0v) is 36.5. The van der Waals surface area contributed by atoms with Crippen LogP contribution in [0.3, 0.4) is 0 Å². The predicted octanol–water partition coefficient (Wildman–Crippen LogP) is 9.13. The largest absolute Gasteiger partial charge is 0.346 e. The summed E-state index contributed by atoms with van der Waals surface area (Å²) in [5.74, 6) is -1.60. The standard InChI is InChI=1S/C49H75N3O5/c1-36(2)31-43(45(54)35-41(33-39-23-17-14-18-24-39)48(57)51-44(32-37(3)4)46(55)49(5)28-29-49)50-47(56)40(27-26-38-21-15-13-16-22-38)34-42(53)25-19-11-9-8-10-12-20-30-52(6)7/h13-18,21-24,36-37,40-41,43-44H,8-12,19-20,25-35H2,1-7H3,(H,50,56)(H,51,57)/t40-,41-,43?,44?/m1/s1. The molecule has 8 heteroatoms. The van der Waals surface area contributed by atoms with Crippen LogP contribution in [0.4, 0.5) is 0 Å². The Bertz CT molecular complexity index is 1520. The number of nitrogens with zero attached hydrogens (tertiary/aromatic N) is 1. The van der Waals surface area contributed by atoms with E-state index < -0.39 is 29.3 Å². The number of hydrogen-bond donors (Lipinski definition) is 2. The fourth-order valence-electron chi connectivity index (χ4n) is 7.74. The van der Waals surface area contributed by atoms with Crippen LogP contribution in [-0.4, -0.2) is 66.8 Å². The Morgan fingerprint density at radius 2 is 1.16 bits per heavy atom. The van der Waals surface area contributed by atoms with E-state index in [2.05, 4.69) is 29.6 Å². The minimum Gasteiger partial charge on any atom is -0.346 e. The lowest BCUT2D eigenvalue weighted by Gasteiger charge is -2.27. The Labute approximate surface area is 345 Å². The lowest BCUT2D eigenvalue weighted by molar-refractivity contribution is -0.135. The van der Waals surface area contributed by atoms with Gasteiger partial charge in [0, 0.05) is 36.5 Å². The summed E-state index contributed by atoms with van der Waals surface area (Å²) in [6, 6.07) is 18.2. The summed E-state index contributed by atoms with van der Waals surface area (Å²) < 4.78 is 0. The summed E-state index contributed by atoms with van der Waals surface area (Å²) in [7, 11) is 4.21. The third-order valence-corrected chi connectivity index (χ3v) is 11.5. The number of unbranched alkanes of at least 4 members (excludes halogenated alkanes) is 6. The average Bonchev–Trinajstić information content (AvgIpc) is 3.92. The van der Waals surface area contributed by atoms with Gasteiger partial charge in [-0.05, 0) is 101 Å². The molecule has 0 heterocycles. The molecule has 316 valence electrons. The molecule has 1 aliphatic carbocycles. The maximum absolute atomic E-state index is 14.3. The highest BCUT2D eigenvalue weighted by Crippen LogP contribution is 2.47. The number of Topliss-reactive ketones (excluding diaryl/α,β-unsaturated/α-hetero) is 3. The number of carbonyl (C=O) groups is 5. The predicted molar refractivity (Wildman–Crippen MR) is 232 cm³/mol. The number of nitrogens with one attached hydrogen (secondary N) is 2. The van der Waals surface area contributed by atoms with E-state index >= 15 is 0 Å². The van der Waals surface area contributed by atoms with Crippen molar-refractivity contribution >= 4 is 29.2 Å². The van der Waals surface area contributed by atoms with E-state index in [9.17, 15) is 24.0 Å². The Hall–Kier alpha value is -3.65. The normalized spacial score (nSPS) is 15.5. The second kappa shape index (κ2) is 25.0. The van der Waals surface area contributed by atoms with Gasteiger partial charge in [0.1, 0.15) is 5.78 Å². The van der Waals surface area contributed by atoms with Crippen LogP contribution in [0.25, 0.3) is 0 Å². The van der Waals surface area contributed by atoms with E-state index in [1.54, 1.807) is 0 Å². The smallest absolute Gasteiger partial charge is 0.224 e. The first-order valence-electron chi connectivity index (χ1n) is 22.1. The fourth-order valence-corrected chi connectivity index (χ4v) is 7.74. The molecular weight excluding hydrogens is 711 g/mol. The maximum Gasteiger partial charge on any atom is 0.224 e. The van der Waals surface area contributed by atoms with Gasteiger partial charge in [-0.3, -0.25) is 24.0 Å². The van der Waals surface area contributed by atoms with Crippen molar-refractivity contribution in [2.75, 3.05) is 20.6 Å². The molecule has 0 aliphatic heterocycles. The SMILES string of the molecule is CC(C)CC(NC(=O)[C@H](CCc1ccccc1)CC(=O)CCCCCCCCCN(C)C)C(=O)C[C@@H](Cc1ccccc1)C(=O)NC(CC(C)C)C(=O)C1(C)CC1. The van der Waals surface area contributed by atoms with Crippen LogP contribution >= 0.6 is 0 Å². The van der Waals surface area contributed by atoms with Gasteiger partial charge in [-0.25, -0.2) is 0 Å². The van der Waals surface area contributed by atoms with Crippen molar-refractivity contribution in [2.24, 2.45) is 29.1 Å². The number of rotatable bonds is 30. The molecule has 3 rings (SSSR count). The molecule has 8 nitrogen and oxygen atoms in total. The van der Waals surface area contributed by atoms with Crippen LogP contribution in [-0.2, 0) is 36.8 Å². The van der Waals surface area contributed by atoms with Crippen LogP contribution in [0.5, 0.6) is 0 Å². The molecule has 0 radical (unpaired) electrons. The van der Waals surface area contributed by atoms with E-state index in [1.165, 1.54) is 25.7 Å². The number of carbonyl (C=O) groups excluding carboxylic acids is 5. The first-order chi connectivity index (χ1) is 27.2. The monoisotopic (exact) mass is 786 g/mol. The zero-order chi connectivity index (χ0) is 41.8. The van der Waals surface area contributed by atoms with Crippen molar-refractivity contribution in [3.05, 3.63) is 71.8 Å². The van der Waals surface area contributed by atoms with E-state index in [0.29, 0.717) is 38.5 Å². The summed E-state index contributed by atoms with van der Waals surface area (Å²) in [5, 5.41) is 6.17. The molecule has 2 aromatic carbocycles. The third kappa shape index (κ3) is 18.7. The number of ketones is 3. The Balaban J connectivity index is 1.71. The Kier molecular flexibility index (Phi) is 20.9.